The van der Waals surface area contributed by atoms with Gasteiger partial charge in [0.05, 0.1) is 4.90 Å². The molecule has 0 aliphatic carbocycles. The first kappa shape index (κ1) is 23.3. The fourth-order valence-electron chi connectivity index (χ4n) is 3.22. The average molecular weight is 423 g/mol. The monoisotopic (exact) mass is 422 g/mol. The van der Waals surface area contributed by atoms with Gasteiger partial charge in [0.1, 0.15) is 18.2 Å². The predicted octanol–water partition coefficient (Wildman–Crippen LogP) is 3.98. The molecule has 0 unspecified atom stereocenters. The summed E-state index contributed by atoms with van der Waals surface area (Å²) in [5.41, 5.74) is 1.02. The van der Waals surface area contributed by atoms with Crippen molar-refractivity contribution in [1.82, 2.24) is 9.62 Å². The summed E-state index contributed by atoms with van der Waals surface area (Å²) in [7, 11) is -3.61. The molecule has 0 saturated carbocycles. The number of hydrogen-bond donors (Lipinski definition) is 1. The Labute approximate surface area is 173 Å². The molecule has 0 bridgehead atoms. The smallest absolute Gasteiger partial charge is 0.243 e. The van der Waals surface area contributed by atoms with E-state index in [-0.39, 0.29) is 25.0 Å². The molecule has 2 aromatic rings. The van der Waals surface area contributed by atoms with Gasteiger partial charge in [0.2, 0.25) is 10.0 Å². The van der Waals surface area contributed by atoms with E-state index in [1.165, 1.54) is 12.1 Å². The van der Waals surface area contributed by atoms with Crippen molar-refractivity contribution in [2.24, 2.45) is 0 Å². The molecule has 1 saturated heterocycles. The van der Waals surface area contributed by atoms with E-state index in [1.54, 1.807) is 28.6 Å². The Morgan fingerprint density at radius 3 is 2.21 bits per heavy atom. The number of piperidine rings is 1. The van der Waals surface area contributed by atoms with Crippen LogP contribution in [0.4, 0.5) is 4.39 Å². The molecule has 0 spiro atoms. The van der Waals surface area contributed by atoms with Gasteiger partial charge in [-0.15, -0.1) is 0 Å². The molecule has 5 nitrogen and oxygen atoms in total. The van der Waals surface area contributed by atoms with Crippen molar-refractivity contribution in [3.8, 4) is 5.75 Å². The normalized spacial score (nSPS) is 14.9. The Kier molecular flexibility index (Phi) is 9.07. The summed E-state index contributed by atoms with van der Waals surface area (Å²) in [4.78, 5) is 0.299. The van der Waals surface area contributed by atoms with E-state index in [2.05, 4.69) is 5.32 Å². The second-order valence-corrected chi connectivity index (χ2v) is 8.60. The lowest BCUT2D eigenvalue weighted by molar-refractivity contribution is 0.215. The third-order valence-electron chi connectivity index (χ3n) is 4.74. The molecular weight excluding hydrogens is 391 g/mol. The number of ether oxygens (including phenoxy) is 1. The molecule has 0 amide bonds. The van der Waals surface area contributed by atoms with Crippen LogP contribution in [-0.4, -0.2) is 45.0 Å². The summed E-state index contributed by atoms with van der Waals surface area (Å²) in [6, 6.07) is 12.6. The number of benzene rings is 2. The van der Waals surface area contributed by atoms with Crippen LogP contribution in [0.2, 0.25) is 0 Å². The van der Waals surface area contributed by atoms with E-state index < -0.39 is 10.0 Å². The van der Waals surface area contributed by atoms with Gasteiger partial charge in [-0.05, 0) is 69.3 Å². The van der Waals surface area contributed by atoms with Gasteiger partial charge >= 0.3 is 0 Å². The molecule has 29 heavy (non-hydrogen) atoms. The molecule has 0 aromatic heterocycles. The van der Waals surface area contributed by atoms with Crippen LogP contribution in [0.25, 0.3) is 0 Å². The predicted molar refractivity (Wildman–Crippen MR) is 114 cm³/mol. The maximum absolute atomic E-state index is 13.2. The first-order chi connectivity index (χ1) is 14.0. The molecule has 7 heteroatoms. The van der Waals surface area contributed by atoms with Gasteiger partial charge in [0.15, 0.2) is 0 Å². The third-order valence-corrected chi connectivity index (χ3v) is 6.70. The lowest BCUT2D eigenvalue weighted by atomic mass is 10.1. The minimum Gasteiger partial charge on any atom is -0.492 e. The summed E-state index contributed by atoms with van der Waals surface area (Å²) < 4.78 is 46.7. The highest BCUT2D eigenvalue weighted by molar-refractivity contribution is 7.89. The van der Waals surface area contributed by atoms with Gasteiger partial charge in [-0.25, -0.2) is 12.8 Å². The van der Waals surface area contributed by atoms with Crippen molar-refractivity contribution in [1.29, 1.82) is 0 Å². The number of halogens is 1. The van der Waals surface area contributed by atoms with E-state index in [0.29, 0.717) is 10.6 Å². The summed E-state index contributed by atoms with van der Waals surface area (Å²) in [6.07, 6.45) is 1.53. The van der Waals surface area contributed by atoms with Crippen LogP contribution in [0.1, 0.15) is 32.3 Å². The van der Waals surface area contributed by atoms with Crippen LogP contribution in [0.3, 0.4) is 0 Å². The van der Waals surface area contributed by atoms with Crippen molar-refractivity contribution in [2.45, 2.75) is 44.6 Å². The molecule has 1 fully saturated rings. The zero-order valence-corrected chi connectivity index (χ0v) is 18.2. The van der Waals surface area contributed by atoms with E-state index >= 15 is 0 Å². The van der Waals surface area contributed by atoms with Gasteiger partial charge < -0.3 is 10.1 Å². The van der Waals surface area contributed by atoms with E-state index in [9.17, 15) is 12.8 Å². The lowest BCUT2D eigenvalue weighted by Crippen LogP contribution is -2.47. The van der Waals surface area contributed by atoms with E-state index in [1.807, 2.05) is 32.9 Å². The van der Waals surface area contributed by atoms with Crippen LogP contribution in [0.5, 0.6) is 5.75 Å². The highest BCUT2D eigenvalue weighted by Gasteiger charge is 2.32. The van der Waals surface area contributed by atoms with Crippen LogP contribution in [-0.2, 0) is 10.0 Å². The standard InChI is InChI=1S/C20H25FN2O3S.C2H6/c1-16-2-8-20(9-3-16)27(24,25)23(18-10-12-22-13-11-18)14-15-26-19-6-4-17(21)5-7-19;1-2/h2-9,18,22H,10-15H2,1H3;1-2H3. The van der Waals surface area contributed by atoms with Gasteiger partial charge in [-0.2, -0.15) is 4.31 Å². The van der Waals surface area contributed by atoms with E-state index in [0.717, 1.165) is 31.5 Å². The molecular formula is C22H31FN2O3S. The van der Waals surface area contributed by atoms with Crippen molar-refractivity contribution in [3.63, 3.8) is 0 Å². The maximum atomic E-state index is 13.2. The first-order valence-corrected chi connectivity index (χ1v) is 11.6. The molecule has 0 radical (unpaired) electrons. The second-order valence-electron chi connectivity index (χ2n) is 6.71. The Morgan fingerprint density at radius 2 is 1.62 bits per heavy atom. The zero-order valence-electron chi connectivity index (χ0n) is 17.4. The lowest BCUT2D eigenvalue weighted by Gasteiger charge is -2.33. The van der Waals surface area contributed by atoms with Crippen molar-refractivity contribution >= 4 is 10.0 Å². The Bertz CT molecular complexity index is 833. The van der Waals surface area contributed by atoms with Crippen LogP contribution >= 0.6 is 0 Å². The number of nitrogens with zero attached hydrogens (tertiary/aromatic N) is 1. The number of nitrogens with one attached hydrogen (secondary N) is 1. The van der Waals surface area contributed by atoms with Gasteiger partial charge in [0, 0.05) is 12.6 Å². The van der Waals surface area contributed by atoms with Crippen LogP contribution in [0, 0.1) is 12.7 Å². The summed E-state index contributed by atoms with van der Waals surface area (Å²) in [6.45, 7) is 7.98. The quantitative estimate of drug-likeness (QED) is 0.733. The fraction of sp³-hybridized carbons (Fsp3) is 0.455. The van der Waals surface area contributed by atoms with Gasteiger partial charge in [-0.3, -0.25) is 0 Å². The maximum Gasteiger partial charge on any atom is 0.243 e. The van der Waals surface area contributed by atoms with Gasteiger partial charge in [0.25, 0.3) is 0 Å². The molecule has 3 rings (SSSR count). The van der Waals surface area contributed by atoms with Crippen LogP contribution < -0.4 is 10.1 Å². The van der Waals surface area contributed by atoms with Crippen LogP contribution in [0.15, 0.2) is 53.4 Å². The molecule has 1 heterocycles. The molecule has 1 aliphatic heterocycles. The highest BCUT2D eigenvalue weighted by atomic mass is 32.2. The first-order valence-electron chi connectivity index (χ1n) is 10.1. The zero-order chi connectivity index (χ0) is 21.3. The Balaban J connectivity index is 0.00000145. The topological polar surface area (TPSA) is 58.6 Å². The van der Waals surface area contributed by atoms with Crippen molar-refractivity contribution < 1.29 is 17.5 Å². The molecule has 2 aromatic carbocycles. The number of aryl methyl sites for hydroxylation is 1. The third kappa shape index (κ3) is 6.52. The summed E-state index contributed by atoms with van der Waals surface area (Å²) in [5, 5.41) is 3.27. The number of hydrogen-bond acceptors (Lipinski definition) is 4. The number of rotatable bonds is 7. The minimum absolute atomic E-state index is 0.0608. The molecule has 1 aliphatic rings. The Morgan fingerprint density at radius 1 is 1.03 bits per heavy atom. The van der Waals surface area contributed by atoms with Gasteiger partial charge in [-0.1, -0.05) is 31.5 Å². The number of sulfonamides is 1. The second kappa shape index (κ2) is 11.3. The average Bonchev–Trinajstić information content (AvgIpc) is 2.75. The van der Waals surface area contributed by atoms with Crippen molar-refractivity contribution in [2.75, 3.05) is 26.2 Å². The molecule has 0 atom stereocenters. The van der Waals surface area contributed by atoms with Crippen molar-refractivity contribution in [3.05, 3.63) is 59.9 Å². The fourth-order valence-corrected chi connectivity index (χ4v) is 4.89. The SMILES string of the molecule is CC.Cc1ccc(S(=O)(=O)N(CCOc2ccc(F)cc2)C2CCNCC2)cc1. The summed E-state index contributed by atoms with van der Waals surface area (Å²) in [5.74, 6) is 0.190. The highest BCUT2D eigenvalue weighted by Crippen LogP contribution is 2.23. The molecule has 1 N–H and O–H groups in total. The minimum atomic E-state index is -3.61. The largest absolute Gasteiger partial charge is 0.492 e. The molecule has 160 valence electrons. The summed E-state index contributed by atoms with van der Waals surface area (Å²) >= 11 is 0. The Hall–Kier alpha value is -1.96. The van der Waals surface area contributed by atoms with E-state index in [4.69, 9.17) is 4.74 Å².